The SMILES string of the molecule is COc1ccc(CCN(C)C(=O)CN2C(=O)N[C@]3(CCCC[C@H]3C)C2=O)cc1OC. The van der Waals surface area contributed by atoms with Gasteiger partial charge in [-0.2, -0.15) is 0 Å². The molecule has 1 heterocycles. The van der Waals surface area contributed by atoms with E-state index in [1.165, 1.54) is 0 Å². The average Bonchev–Trinajstić information content (AvgIpc) is 2.98. The number of carbonyl (C=O) groups is 3. The lowest BCUT2D eigenvalue weighted by Crippen LogP contribution is -2.54. The minimum Gasteiger partial charge on any atom is -0.493 e. The molecule has 1 N–H and O–H groups in total. The summed E-state index contributed by atoms with van der Waals surface area (Å²) in [4.78, 5) is 40.8. The number of nitrogens with one attached hydrogen (secondary N) is 1. The van der Waals surface area contributed by atoms with Crippen molar-refractivity contribution >= 4 is 17.8 Å². The monoisotopic (exact) mass is 417 g/mol. The molecule has 0 radical (unpaired) electrons. The predicted molar refractivity (Wildman–Crippen MR) is 111 cm³/mol. The Balaban J connectivity index is 1.59. The topological polar surface area (TPSA) is 88.2 Å². The highest BCUT2D eigenvalue weighted by atomic mass is 16.5. The summed E-state index contributed by atoms with van der Waals surface area (Å²) in [7, 11) is 4.84. The van der Waals surface area contributed by atoms with E-state index in [9.17, 15) is 14.4 Å². The summed E-state index contributed by atoms with van der Waals surface area (Å²) in [5, 5.41) is 2.89. The van der Waals surface area contributed by atoms with E-state index in [1.54, 1.807) is 26.2 Å². The molecule has 0 unspecified atom stereocenters. The van der Waals surface area contributed by atoms with Gasteiger partial charge in [-0.15, -0.1) is 0 Å². The Morgan fingerprint density at radius 2 is 1.97 bits per heavy atom. The molecule has 2 aliphatic rings. The van der Waals surface area contributed by atoms with Gasteiger partial charge in [0.2, 0.25) is 5.91 Å². The lowest BCUT2D eigenvalue weighted by molar-refractivity contribution is -0.140. The van der Waals surface area contributed by atoms with Crippen molar-refractivity contribution in [2.75, 3.05) is 34.4 Å². The van der Waals surface area contributed by atoms with E-state index in [2.05, 4.69) is 5.32 Å². The molecule has 8 nitrogen and oxygen atoms in total. The number of hydrogen-bond acceptors (Lipinski definition) is 5. The summed E-state index contributed by atoms with van der Waals surface area (Å²) in [5.41, 5.74) is 0.158. The van der Waals surface area contributed by atoms with Crippen molar-refractivity contribution < 1.29 is 23.9 Å². The van der Waals surface area contributed by atoms with E-state index in [1.807, 2.05) is 25.1 Å². The number of amides is 4. The molecule has 30 heavy (non-hydrogen) atoms. The Morgan fingerprint density at radius 1 is 1.23 bits per heavy atom. The first-order valence-electron chi connectivity index (χ1n) is 10.4. The molecule has 1 aromatic rings. The predicted octanol–water partition coefficient (Wildman–Crippen LogP) is 2.21. The van der Waals surface area contributed by atoms with Crippen molar-refractivity contribution in [1.29, 1.82) is 0 Å². The summed E-state index contributed by atoms with van der Waals surface area (Å²) in [6.07, 6.45) is 4.12. The minimum atomic E-state index is -0.839. The molecule has 2 atom stereocenters. The van der Waals surface area contributed by atoms with Crippen LogP contribution >= 0.6 is 0 Å². The van der Waals surface area contributed by atoms with E-state index >= 15 is 0 Å². The Hall–Kier alpha value is -2.77. The molecule has 1 saturated carbocycles. The van der Waals surface area contributed by atoms with Gasteiger partial charge in [0.15, 0.2) is 11.5 Å². The van der Waals surface area contributed by atoms with Crippen LogP contribution in [-0.4, -0.2) is 67.5 Å². The van der Waals surface area contributed by atoms with Gasteiger partial charge < -0.3 is 19.7 Å². The Morgan fingerprint density at radius 3 is 2.63 bits per heavy atom. The van der Waals surface area contributed by atoms with Crippen molar-refractivity contribution in [3.8, 4) is 11.5 Å². The number of urea groups is 1. The number of carbonyl (C=O) groups excluding carboxylic acids is 3. The third kappa shape index (κ3) is 4.08. The molecule has 4 amide bonds. The molecule has 2 fully saturated rings. The first kappa shape index (κ1) is 21.9. The van der Waals surface area contributed by atoms with Crippen LogP contribution in [0, 0.1) is 5.92 Å². The van der Waals surface area contributed by atoms with E-state index in [0.717, 1.165) is 29.7 Å². The van der Waals surface area contributed by atoms with Crippen molar-refractivity contribution in [1.82, 2.24) is 15.1 Å². The normalized spacial score (nSPS) is 23.5. The molecule has 0 aromatic heterocycles. The van der Waals surface area contributed by atoms with Crippen LogP contribution in [0.25, 0.3) is 0 Å². The van der Waals surface area contributed by atoms with Crippen LogP contribution in [0.2, 0.25) is 0 Å². The second-order valence-corrected chi connectivity index (χ2v) is 8.19. The van der Waals surface area contributed by atoms with Crippen molar-refractivity contribution in [3.05, 3.63) is 23.8 Å². The van der Waals surface area contributed by atoms with Crippen molar-refractivity contribution in [3.63, 3.8) is 0 Å². The number of nitrogens with zero attached hydrogens (tertiary/aromatic N) is 2. The standard InChI is InChI=1S/C22H31N3O5/c1-15-7-5-6-11-22(15)20(27)25(21(28)23-22)14-19(26)24(2)12-10-16-8-9-17(29-3)18(13-16)30-4/h8-9,13,15H,5-7,10-12,14H2,1-4H3,(H,23,28)/t15-,22+/m1/s1. The number of ether oxygens (including phenoxy) is 2. The smallest absolute Gasteiger partial charge is 0.325 e. The summed E-state index contributed by atoms with van der Waals surface area (Å²) in [5.74, 6) is 0.830. The number of hydrogen-bond donors (Lipinski definition) is 1. The summed E-state index contributed by atoms with van der Waals surface area (Å²) in [6, 6.07) is 5.16. The Kier molecular flexibility index (Phi) is 6.53. The van der Waals surface area contributed by atoms with E-state index in [4.69, 9.17) is 9.47 Å². The zero-order valence-corrected chi connectivity index (χ0v) is 18.2. The lowest BCUT2D eigenvalue weighted by atomic mass is 9.73. The van der Waals surface area contributed by atoms with Crippen LogP contribution in [0.5, 0.6) is 11.5 Å². The minimum absolute atomic E-state index is 0.0746. The fourth-order valence-corrected chi connectivity index (χ4v) is 4.35. The van der Waals surface area contributed by atoms with E-state index in [0.29, 0.717) is 30.9 Å². The van der Waals surface area contributed by atoms with Crippen LogP contribution in [0.4, 0.5) is 4.79 Å². The van der Waals surface area contributed by atoms with Crippen LogP contribution in [0.15, 0.2) is 18.2 Å². The number of likely N-dealkylation sites (N-methyl/N-ethyl adjacent to an activating group) is 1. The molecular formula is C22H31N3O5. The van der Waals surface area contributed by atoms with Crippen molar-refractivity contribution in [2.24, 2.45) is 5.92 Å². The van der Waals surface area contributed by atoms with Gasteiger partial charge in [-0.25, -0.2) is 4.79 Å². The largest absolute Gasteiger partial charge is 0.493 e. The maximum absolute atomic E-state index is 13.0. The molecule has 0 bridgehead atoms. The van der Waals surface area contributed by atoms with E-state index in [-0.39, 0.29) is 24.3 Å². The second-order valence-electron chi connectivity index (χ2n) is 8.19. The van der Waals surface area contributed by atoms with Crippen LogP contribution in [-0.2, 0) is 16.0 Å². The molecule has 1 aliphatic carbocycles. The third-order valence-corrected chi connectivity index (χ3v) is 6.40. The highest BCUT2D eigenvalue weighted by Gasteiger charge is 2.55. The maximum Gasteiger partial charge on any atom is 0.325 e. The third-order valence-electron chi connectivity index (χ3n) is 6.40. The molecule has 1 spiro atoms. The molecule has 1 aliphatic heterocycles. The van der Waals surface area contributed by atoms with E-state index < -0.39 is 11.6 Å². The number of rotatable bonds is 7. The highest BCUT2D eigenvalue weighted by molar-refractivity contribution is 6.09. The average molecular weight is 418 g/mol. The Bertz CT molecular complexity index is 827. The highest BCUT2D eigenvalue weighted by Crippen LogP contribution is 2.38. The summed E-state index contributed by atoms with van der Waals surface area (Å²) in [6.45, 7) is 2.22. The van der Waals surface area contributed by atoms with Gasteiger partial charge in [0.25, 0.3) is 5.91 Å². The molecule has 1 aromatic carbocycles. The second kappa shape index (κ2) is 8.93. The zero-order valence-electron chi connectivity index (χ0n) is 18.2. The van der Waals surface area contributed by atoms with Gasteiger partial charge in [-0.3, -0.25) is 14.5 Å². The molecule has 164 valence electrons. The Labute approximate surface area is 177 Å². The fraction of sp³-hybridized carbons (Fsp3) is 0.591. The van der Waals surface area contributed by atoms with Crippen LogP contribution in [0.3, 0.4) is 0 Å². The molecular weight excluding hydrogens is 386 g/mol. The molecule has 3 rings (SSSR count). The maximum atomic E-state index is 13.0. The van der Waals surface area contributed by atoms with Gasteiger partial charge in [-0.1, -0.05) is 25.8 Å². The fourth-order valence-electron chi connectivity index (χ4n) is 4.35. The molecule has 1 saturated heterocycles. The number of benzene rings is 1. The van der Waals surface area contributed by atoms with Gasteiger partial charge in [0.1, 0.15) is 12.1 Å². The van der Waals surface area contributed by atoms with Gasteiger partial charge in [0, 0.05) is 13.6 Å². The number of imide groups is 1. The van der Waals surface area contributed by atoms with Gasteiger partial charge >= 0.3 is 6.03 Å². The lowest BCUT2D eigenvalue weighted by Gasteiger charge is -2.36. The summed E-state index contributed by atoms with van der Waals surface area (Å²) < 4.78 is 10.6. The summed E-state index contributed by atoms with van der Waals surface area (Å²) >= 11 is 0. The van der Waals surface area contributed by atoms with Crippen LogP contribution < -0.4 is 14.8 Å². The number of methoxy groups -OCH3 is 2. The zero-order chi connectivity index (χ0) is 21.9. The quantitative estimate of drug-likeness (QED) is 0.687. The molecule has 8 heteroatoms. The van der Waals surface area contributed by atoms with Gasteiger partial charge in [0.05, 0.1) is 14.2 Å². The van der Waals surface area contributed by atoms with Crippen LogP contribution in [0.1, 0.15) is 38.2 Å². The first-order chi connectivity index (χ1) is 14.3. The van der Waals surface area contributed by atoms with Crippen molar-refractivity contribution in [2.45, 2.75) is 44.6 Å². The first-order valence-corrected chi connectivity index (χ1v) is 10.4. The van der Waals surface area contributed by atoms with Gasteiger partial charge in [-0.05, 0) is 42.9 Å².